The van der Waals surface area contributed by atoms with E-state index < -0.39 is 0 Å². The van der Waals surface area contributed by atoms with Gasteiger partial charge in [-0.3, -0.25) is 9.59 Å². The van der Waals surface area contributed by atoms with Crippen LogP contribution in [0, 0.1) is 5.41 Å². The Labute approximate surface area is 169 Å². The van der Waals surface area contributed by atoms with Crippen molar-refractivity contribution >= 4 is 17.5 Å². The maximum absolute atomic E-state index is 13.0. The average molecular weight is 383 g/mol. The van der Waals surface area contributed by atoms with E-state index in [1.165, 1.54) is 50.5 Å². The van der Waals surface area contributed by atoms with Gasteiger partial charge in [0, 0.05) is 44.6 Å². The van der Waals surface area contributed by atoms with Crippen molar-refractivity contribution in [1.82, 2.24) is 4.90 Å². The monoisotopic (exact) mass is 382 g/mol. The van der Waals surface area contributed by atoms with Crippen LogP contribution in [0.1, 0.15) is 82.6 Å². The van der Waals surface area contributed by atoms with E-state index in [0.29, 0.717) is 24.3 Å². The molecule has 28 heavy (non-hydrogen) atoms. The minimum atomic E-state index is 0.0904. The number of hydrogen-bond donors (Lipinski definition) is 0. The van der Waals surface area contributed by atoms with Crippen molar-refractivity contribution in [3.05, 3.63) is 29.8 Å². The first-order chi connectivity index (χ1) is 13.6. The second kappa shape index (κ2) is 8.26. The van der Waals surface area contributed by atoms with E-state index >= 15 is 0 Å². The number of fused-ring (bicyclic) bond motifs is 1. The van der Waals surface area contributed by atoms with Crippen LogP contribution < -0.4 is 4.90 Å². The summed E-state index contributed by atoms with van der Waals surface area (Å²) >= 11 is 0. The fourth-order valence-corrected chi connectivity index (χ4v) is 5.80. The summed E-state index contributed by atoms with van der Waals surface area (Å²) in [6.07, 6.45) is 11.9. The number of hydrogen-bond acceptors (Lipinski definition) is 2. The van der Waals surface area contributed by atoms with Gasteiger partial charge in [0.15, 0.2) is 0 Å². The molecule has 4 heteroatoms. The molecule has 0 aromatic heterocycles. The molecule has 1 saturated carbocycles. The molecule has 1 aromatic carbocycles. The molecular weight excluding hydrogens is 348 g/mol. The lowest BCUT2D eigenvalue weighted by Crippen LogP contribution is -2.46. The first-order valence-corrected chi connectivity index (χ1v) is 11.2. The minimum absolute atomic E-state index is 0.0904. The number of nitrogens with zero attached hydrogens (tertiary/aromatic N) is 2. The van der Waals surface area contributed by atoms with Crippen LogP contribution in [-0.2, 0) is 9.59 Å². The predicted molar refractivity (Wildman–Crippen MR) is 112 cm³/mol. The van der Waals surface area contributed by atoms with Crippen molar-refractivity contribution < 1.29 is 9.59 Å². The molecule has 1 spiro atoms. The Morgan fingerprint density at radius 3 is 2.50 bits per heavy atom. The molecule has 2 amide bonds. The number of likely N-dealkylation sites (tertiary alicyclic amines) is 1. The number of para-hydroxylation sites is 1. The highest BCUT2D eigenvalue weighted by Gasteiger charge is 2.37. The van der Waals surface area contributed by atoms with Crippen LogP contribution in [0.15, 0.2) is 24.3 Å². The number of carbonyl (C=O) groups is 2. The summed E-state index contributed by atoms with van der Waals surface area (Å²) in [5, 5.41) is 0. The molecule has 3 aliphatic rings. The highest BCUT2D eigenvalue weighted by Crippen LogP contribution is 2.43. The highest BCUT2D eigenvalue weighted by atomic mass is 16.2. The zero-order chi connectivity index (χ0) is 19.6. The largest absolute Gasteiger partial charge is 0.342 e. The third-order valence-corrected chi connectivity index (χ3v) is 7.34. The molecule has 0 bridgehead atoms. The van der Waals surface area contributed by atoms with Crippen LogP contribution in [0.25, 0.3) is 0 Å². The summed E-state index contributed by atoms with van der Waals surface area (Å²) < 4.78 is 0. The van der Waals surface area contributed by atoms with Crippen molar-refractivity contribution in [3.63, 3.8) is 0 Å². The Hall–Kier alpha value is -1.84. The normalized spacial score (nSPS) is 24.1. The summed E-state index contributed by atoms with van der Waals surface area (Å²) in [6.45, 7) is 4.25. The van der Waals surface area contributed by atoms with Crippen LogP contribution in [0.5, 0.6) is 0 Å². The van der Waals surface area contributed by atoms with E-state index in [1.54, 1.807) is 6.92 Å². The van der Waals surface area contributed by atoms with Gasteiger partial charge < -0.3 is 9.80 Å². The molecular formula is C24H34N2O2. The lowest BCUT2D eigenvalue weighted by Gasteiger charge is -2.43. The van der Waals surface area contributed by atoms with Crippen molar-refractivity contribution in [2.75, 3.05) is 24.5 Å². The first-order valence-electron chi connectivity index (χ1n) is 11.2. The molecule has 0 N–H and O–H groups in total. The number of amides is 2. The zero-order valence-corrected chi connectivity index (χ0v) is 17.3. The van der Waals surface area contributed by atoms with Gasteiger partial charge in [0.05, 0.1) is 0 Å². The Morgan fingerprint density at radius 1 is 1.04 bits per heavy atom. The molecule has 4 rings (SSSR count). The summed E-state index contributed by atoms with van der Waals surface area (Å²) in [7, 11) is 0. The summed E-state index contributed by atoms with van der Waals surface area (Å²) in [4.78, 5) is 29.1. The van der Waals surface area contributed by atoms with E-state index in [1.807, 2.05) is 23.1 Å². The van der Waals surface area contributed by atoms with Gasteiger partial charge in [-0.1, -0.05) is 43.9 Å². The van der Waals surface area contributed by atoms with Gasteiger partial charge in [-0.25, -0.2) is 0 Å². The second-order valence-corrected chi connectivity index (χ2v) is 9.26. The maximum atomic E-state index is 13.0. The molecule has 1 atom stereocenters. The van der Waals surface area contributed by atoms with Gasteiger partial charge in [-0.2, -0.15) is 0 Å². The number of carbonyl (C=O) groups excluding carboxylic acids is 2. The molecule has 1 aliphatic carbocycles. The highest BCUT2D eigenvalue weighted by molar-refractivity contribution is 5.94. The summed E-state index contributed by atoms with van der Waals surface area (Å²) in [5.74, 6) is 0.690. The molecule has 0 radical (unpaired) electrons. The second-order valence-electron chi connectivity index (χ2n) is 9.26. The smallest absolute Gasteiger partial charge is 0.223 e. The zero-order valence-electron chi connectivity index (χ0n) is 17.3. The van der Waals surface area contributed by atoms with Crippen LogP contribution in [-0.4, -0.2) is 36.3 Å². The van der Waals surface area contributed by atoms with Gasteiger partial charge in [-0.15, -0.1) is 0 Å². The molecule has 1 aromatic rings. The molecule has 1 unspecified atom stereocenters. The van der Waals surface area contributed by atoms with Crippen molar-refractivity contribution in [1.29, 1.82) is 0 Å². The van der Waals surface area contributed by atoms with Crippen molar-refractivity contribution in [3.8, 4) is 0 Å². The topological polar surface area (TPSA) is 40.6 Å². The third-order valence-electron chi connectivity index (χ3n) is 7.34. The Balaban J connectivity index is 1.37. The average Bonchev–Trinajstić information content (AvgIpc) is 2.94. The summed E-state index contributed by atoms with van der Waals surface area (Å²) in [6, 6.07) is 8.17. The van der Waals surface area contributed by atoms with E-state index in [0.717, 1.165) is 31.6 Å². The number of anilines is 1. The lowest BCUT2D eigenvalue weighted by molar-refractivity contribution is -0.135. The molecule has 1 saturated heterocycles. The lowest BCUT2D eigenvalue weighted by atomic mass is 9.74. The fourth-order valence-electron chi connectivity index (χ4n) is 5.80. The van der Waals surface area contributed by atoms with E-state index in [-0.39, 0.29) is 11.8 Å². The Morgan fingerprint density at radius 2 is 1.75 bits per heavy atom. The number of benzene rings is 1. The van der Waals surface area contributed by atoms with Crippen molar-refractivity contribution in [2.24, 2.45) is 5.41 Å². The van der Waals surface area contributed by atoms with E-state index in [2.05, 4.69) is 11.0 Å². The molecule has 152 valence electrons. The molecule has 2 fully saturated rings. The summed E-state index contributed by atoms with van der Waals surface area (Å²) in [5.41, 5.74) is 2.66. The van der Waals surface area contributed by atoms with Crippen molar-refractivity contribution in [2.45, 2.75) is 77.0 Å². The number of piperidine rings is 1. The van der Waals surface area contributed by atoms with Gasteiger partial charge in [-0.05, 0) is 49.1 Å². The van der Waals surface area contributed by atoms with E-state index in [9.17, 15) is 9.59 Å². The van der Waals surface area contributed by atoms with Crippen LogP contribution in [0.4, 0.5) is 5.69 Å². The number of rotatable bonds is 3. The van der Waals surface area contributed by atoms with Gasteiger partial charge >= 0.3 is 0 Å². The first kappa shape index (κ1) is 19.5. The molecule has 4 nitrogen and oxygen atoms in total. The minimum Gasteiger partial charge on any atom is -0.342 e. The third kappa shape index (κ3) is 3.97. The van der Waals surface area contributed by atoms with Crippen LogP contribution in [0.2, 0.25) is 0 Å². The quantitative estimate of drug-likeness (QED) is 0.747. The van der Waals surface area contributed by atoms with Gasteiger partial charge in [0.25, 0.3) is 0 Å². The Kier molecular flexibility index (Phi) is 5.75. The van der Waals surface area contributed by atoms with Gasteiger partial charge in [0.1, 0.15) is 0 Å². The molecule has 2 aliphatic heterocycles. The predicted octanol–water partition coefficient (Wildman–Crippen LogP) is 4.88. The standard InChI is InChI=1S/C24H34N2O2/c1-19(27)26-17-20(21-9-4-5-10-22(21)26)11-12-23(28)25-16-8-15-24(18-25)13-6-2-3-7-14-24/h4-5,9-10,20H,2-3,6-8,11-18H2,1H3. The fraction of sp³-hybridized carbons (Fsp3) is 0.667. The SMILES string of the molecule is CC(=O)N1CC(CCC(=O)N2CCCC3(CCCCCC3)C2)c2ccccc21. The van der Waals surface area contributed by atoms with Crippen LogP contribution >= 0.6 is 0 Å². The Bertz CT molecular complexity index is 721. The maximum Gasteiger partial charge on any atom is 0.223 e. The van der Waals surface area contributed by atoms with Gasteiger partial charge in [0.2, 0.25) is 11.8 Å². The molecule has 2 heterocycles. The van der Waals surface area contributed by atoms with E-state index in [4.69, 9.17) is 0 Å². The van der Waals surface area contributed by atoms with Crippen LogP contribution in [0.3, 0.4) is 0 Å².